The minimum Gasteiger partial charge on any atom is -0.383 e. The lowest BCUT2D eigenvalue weighted by Gasteiger charge is -2.17. The van der Waals surface area contributed by atoms with Crippen molar-refractivity contribution in [3.05, 3.63) is 56.4 Å². The Balaban J connectivity index is 1.45. The molecule has 0 radical (unpaired) electrons. The molecule has 0 saturated heterocycles. The second-order valence-corrected chi connectivity index (χ2v) is 9.76. The monoisotopic (exact) mass is 423 g/mol. The molecule has 4 aromatic heterocycles. The first-order valence-electron chi connectivity index (χ1n) is 9.67. The average Bonchev–Trinajstić information content (AvgIpc) is 3.03. The van der Waals surface area contributed by atoms with Gasteiger partial charge in [0.05, 0.1) is 11.1 Å². The Labute approximate surface area is 176 Å². The van der Waals surface area contributed by atoms with Gasteiger partial charge in [-0.15, -0.1) is 11.3 Å². The van der Waals surface area contributed by atoms with Crippen LogP contribution >= 0.6 is 23.1 Å². The van der Waals surface area contributed by atoms with Crippen molar-refractivity contribution in [3.8, 4) is 0 Å². The number of pyridine rings is 1. The van der Waals surface area contributed by atoms with Gasteiger partial charge in [-0.25, -0.2) is 15.0 Å². The van der Waals surface area contributed by atoms with Crippen molar-refractivity contribution in [2.45, 2.75) is 44.0 Å². The second-order valence-electron chi connectivity index (χ2n) is 7.73. The number of thiophene rings is 1. The molecular formula is C21H21N5OS2. The molecule has 0 amide bonds. The number of fused-ring (bicyclic) bond motifs is 4. The molecule has 0 aliphatic heterocycles. The normalized spacial score (nSPS) is 16.4. The molecule has 0 aromatic carbocycles. The molecule has 29 heavy (non-hydrogen) atoms. The highest BCUT2D eigenvalue weighted by molar-refractivity contribution is 7.98. The standard InChI is InChI=1S/C21H21N5OS2/c1-11-3-4-14-15(7-11)29-20-18(14)19(22)24-21(25-20)28-10-13-9-17(27)26-6-5-12(2)8-16(26)23-13/h5-6,8-9,11H,3-4,7,10H2,1-2H3,(H2,22,24,25). The van der Waals surface area contributed by atoms with E-state index in [0.717, 1.165) is 28.6 Å². The fourth-order valence-corrected chi connectivity index (χ4v) is 6.07. The number of hydrogen-bond acceptors (Lipinski definition) is 7. The topological polar surface area (TPSA) is 86.2 Å². The molecule has 4 aromatic rings. The van der Waals surface area contributed by atoms with Crippen molar-refractivity contribution < 1.29 is 0 Å². The molecule has 8 heteroatoms. The Morgan fingerprint density at radius 1 is 1.31 bits per heavy atom. The van der Waals surface area contributed by atoms with Crippen LogP contribution in [0.1, 0.15) is 35.0 Å². The summed E-state index contributed by atoms with van der Waals surface area (Å²) < 4.78 is 1.55. The number of aromatic nitrogens is 4. The fraction of sp³-hybridized carbons (Fsp3) is 0.333. The van der Waals surface area contributed by atoms with E-state index in [9.17, 15) is 4.79 Å². The maximum atomic E-state index is 12.4. The number of anilines is 1. The van der Waals surface area contributed by atoms with E-state index in [1.807, 2.05) is 19.1 Å². The lowest BCUT2D eigenvalue weighted by molar-refractivity contribution is 0.509. The van der Waals surface area contributed by atoms with Crippen molar-refractivity contribution in [1.82, 2.24) is 19.4 Å². The molecule has 2 N–H and O–H groups in total. The van der Waals surface area contributed by atoms with Gasteiger partial charge in [0.1, 0.15) is 16.3 Å². The van der Waals surface area contributed by atoms with Gasteiger partial charge in [-0.3, -0.25) is 9.20 Å². The third-order valence-corrected chi connectivity index (χ3v) is 7.42. The Morgan fingerprint density at radius 2 is 2.17 bits per heavy atom. The quantitative estimate of drug-likeness (QED) is 0.396. The average molecular weight is 424 g/mol. The molecule has 4 heterocycles. The minimum atomic E-state index is -0.0819. The zero-order chi connectivity index (χ0) is 20.1. The van der Waals surface area contributed by atoms with E-state index in [-0.39, 0.29) is 5.56 Å². The Bertz CT molecular complexity index is 1310. The Morgan fingerprint density at radius 3 is 3.03 bits per heavy atom. The molecule has 0 spiro atoms. The highest BCUT2D eigenvalue weighted by Gasteiger charge is 2.23. The molecule has 6 nitrogen and oxygen atoms in total. The number of nitrogen functional groups attached to an aromatic ring is 1. The van der Waals surface area contributed by atoms with Crippen molar-refractivity contribution >= 4 is 44.8 Å². The molecule has 148 valence electrons. The van der Waals surface area contributed by atoms with E-state index in [2.05, 4.69) is 16.9 Å². The van der Waals surface area contributed by atoms with E-state index in [4.69, 9.17) is 10.7 Å². The maximum Gasteiger partial charge on any atom is 0.258 e. The fourth-order valence-electron chi connectivity index (χ4n) is 3.88. The summed E-state index contributed by atoms with van der Waals surface area (Å²) in [6, 6.07) is 5.38. The van der Waals surface area contributed by atoms with Crippen molar-refractivity contribution in [2.75, 3.05) is 5.73 Å². The van der Waals surface area contributed by atoms with Crippen LogP contribution in [0.2, 0.25) is 0 Å². The van der Waals surface area contributed by atoms with Gasteiger partial charge in [-0.1, -0.05) is 18.7 Å². The summed E-state index contributed by atoms with van der Waals surface area (Å²) in [7, 11) is 0. The van der Waals surface area contributed by atoms with E-state index in [1.165, 1.54) is 28.6 Å². The molecule has 1 unspecified atom stereocenters. The van der Waals surface area contributed by atoms with Gasteiger partial charge < -0.3 is 5.73 Å². The lowest BCUT2D eigenvalue weighted by Crippen LogP contribution is -2.15. The Kier molecular flexibility index (Phi) is 4.55. The SMILES string of the molecule is Cc1ccn2c(=O)cc(CSc3nc(N)c4c5c(sc4n3)CC(C)CC5)nc2c1. The predicted octanol–water partition coefficient (Wildman–Crippen LogP) is 4.01. The van der Waals surface area contributed by atoms with Crippen LogP contribution in [-0.4, -0.2) is 19.4 Å². The lowest BCUT2D eigenvalue weighted by atomic mass is 9.89. The number of hydrogen-bond donors (Lipinski definition) is 1. The third-order valence-electron chi connectivity index (χ3n) is 5.39. The van der Waals surface area contributed by atoms with Crippen LogP contribution in [0.5, 0.6) is 0 Å². The summed E-state index contributed by atoms with van der Waals surface area (Å²) in [6.07, 6.45) is 5.11. The van der Waals surface area contributed by atoms with Crippen LogP contribution in [-0.2, 0) is 18.6 Å². The summed E-state index contributed by atoms with van der Waals surface area (Å²) in [5.41, 5.74) is 10.0. The number of thioether (sulfide) groups is 1. The van der Waals surface area contributed by atoms with Crippen LogP contribution in [0, 0.1) is 12.8 Å². The van der Waals surface area contributed by atoms with Crippen LogP contribution in [0.4, 0.5) is 5.82 Å². The first-order valence-corrected chi connectivity index (χ1v) is 11.5. The molecule has 0 saturated carbocycles. The summed E-state index contributed by atoms with van der Waals surface area (Å²) in [5.74, 6) is 1.79. The molecule has 1 aliphatic carbocycles. The summed E-state index contributed by atoms with van der Waals surface area (Å²) in [4.78, 5) is 28.6. The zero-order valence-electron chi connectivity index (χ0n) is 16.3. The van der Waals surface area contributed by atoms with Crippen LogP contribution in [0.15, 0.2) is 34.3 Å². The van der Waals surface area contributed by atoms with Gasteiger partial charge in [0.25, 0.3) is 5.56 Å². The first-order chi connectivity index (χ1) is 14.0. The molecule has 1 aliphatic rings. The Hall–Kier alpha value is -2.45. The molecule has 0 bridgehead atoms. The first kappa shape index (κ1) is 18.6. The van der Waals surface area contributed by atoms with Gasteiger partial charge in [0.2, 0.25) is 0 Å². The van der Waals surface area contributed by atoms with E-state index >= 15 is 0 Å². The highest BCUT2D eigenvalue weighted by atomic mass is 32.2. The minimum absolute atomic E-state index is 0.0819. The van der Waals surface area contributed by atoms with Crippen molar-refractivity contribution in [2.24, 2.45) is 5.92 Å². The van der Waals surface area contributed by atoms with Gasteiger partial charge in [-0.2, -0.15) is 0 Å². The molecule has 0 fully saturated rings. The van der Waals surface area contributed by atoms with Crippen LogP contribution < -0.4 is 11.3 Å². The van der Waals surface area contributed by atoms with Crippen LogP contribution in [0.25, 0.3) is 15.9 Å². The molecule has 5 rings (SSSR count). The third kappa shape index (κ3) is 3.40. The van der Waals surface area contributed by atoms with E-state index in [1.54, 1.807) is 28.0 Å². The number of rotatable bonds is 3. The molecule has 1 atom stereocenters. The van der Waals surface area contributed by atoms with Crippen LogP contribution in [0.3, 0.4) is 0 Å². The molecular weight excluding hydrogens is 402 g/mol. The smallest absolute Gasteiger partial charge is 0.258 e. The van der Waals surface area contributed by atoms with Gasteiger partial charge in [0, 0.05) is 22.9 Å². The number of nitrogens with zero attached hydrogens (tertiary/aromatic N) is 4. The predicted molar refractivity (Wildman–Crippen MR) is 119 cm³/mol. The summed E-state index contributed by atoms with van der Waals surface area (Å²) in [6.45, 7) is 4.28. The summed E-state index contributed by atoms with van der Waals surface area (Å²) >= 11 is 3.21. The zero-order valence-corrected chi connectivity index (χ0v) is 17.9. The van der Waals surface area contributed by atoms with Crippen molar-refractivity contribution in [3.63, 3.8) is 0 Å². The second kappa shape index (κ2) is 7.11. The number of aryl methyl sites for hydroxylation is 2. The van der Waals surface area contributed by atoms with Crippen molar-refractivity contribution in [1.29, 1.82) is 0 Å². The van der Waals surface area contributed by atoms with E-state index < -0.39 is 0 Å². The number of nitrogens with two attached hydrogens (primary N) is 1. The van der Waals surface area contributed by atoms with Gasteiger partial charge in [-0.05, 0) is 55.4 Å². The van der Waals surface area contributed by atoms with Gasteiger partial charge >= 0.3 is 0 Å². The largest absolute Gasteiger partial charge is 0.383 e. The summed E-state index contributed by atoms with van der Waals surface area (Å²) in [5, 5.41) is 1.67. The van der Waals surface area contributed by atoms with E-state index in [0.29, 0.717) is 34.0 Å². The van der Waals surface area contributed by atoms with Gasteiger partial charge in [0.15, 0.2) is 5.16 Å². The maximum absolute atomic E-state index is 12.4. The highest BCUT2D eigenvalue weighted by Crippen LogP contribution is 2.40.